The average Bonchev–Trinajstić information content (AvgIpc) is 2.93. The molecule has 2 atom stereocenters. The first-order valence-corrected chi connectivity index (χ1v) is 7.06. The van der Waals surface area contributed by atoms with Crippen LogP contribution in [-0.2, 0) is 4.74 Å². The van der Waals surface area contributed by atoms with E-state index in [1.807, 2.05) is 12.1 Å². The summed E-state index contributed by atoms with van der Waals surface area (Å²) >= 11 is 0. The Labute approximate surface area is 114 Å². The molecule has 0 amide bonds. The van der Waals surface area contributed by atoms with Gasteiger partial charge in [-0.2, -0.15) is 0 Å². The molecule has 0 bridgehead atoms. The van der Waals surface area contributed by atoms with Crippen LogP contribution >= 0.6 is 0 Å². The van der Waals surface area contributed by atoms with Crippen LogP contribution in [0.25, 0.3) is 10.9 Å². The smallest absolute Gasteiger partial charge is 0.104 e. The summed E-state index contributed by atoms with van der Waals surface area (Å²) in [6.07, 6.45) is 1.26. The van der Waals surface area contributed by atoms with Crippen LogP contribution < -0.4 is 5.32 Å². The number of nitrogens with zero attached hydrogens (tertiary/aromatic N) is 1. The molecule has 0 spiro atoms. The molecule has 100 valence electrons. The van der Waals surface area contributed by atoms with Gasteiger partial charge in [-0.25, -0.2) is 0 Å². The number of pyridine rings is 1. The van der Waals surface area contributed by atoms with Gasteiger partial charge in [-0.1, -0.05) is 31.2 Å². The van der Waals surface area contributed by atoms with E-state index in [1.54, 1.807) is 0 Å². The van der Waals surface area contributed by atoms with E-state index in [2.05, 4.69) is 36.5 Å². The molecule has 1 aliphatic rings. The Hall–Kier alpha value is -1.45. The van der Waals surface area contributed by atoms with Crippen LogP contribution in [0.4, 0.5) is 0 Å². The molecule has 3 nitrogen and oxygen atoms in total. The number of hydrogen-bond donors (Lipinski definition) is 1. The Kier molecular flexibility index (Phi) is 3.76. The van der Waals surface area contributed by atoms with Crippen LogP contribution in [0.1, 0.15) is 25.1 Å². The van der Waals surface area contributed by atoms with E-state index in [0.29, 0.717) is 5.92 Å². The monoisotopic (exact) mass is 256 g/mol. The standard InChI is InChI=1S/C16H20N2O/c1-2-17-11-13-9-10-19-16(13)15-8-7-12-5-3-4-6-14(12)18-15/h3-8,13,16-17H,2,9-11H2,1H3. The zero-order chi connectivity index (χ0) is 13.1. The van der Waals surface area contributed by atoms with Crippen molar-refractivity contribution in [2.75, 3.05) is 19.7 Å². The van der Waals surface area contributed by atoms with Gasteiger partial charge in [0.25, 0.3) is 0 Å². The van der Waals surface area contributed by atoms with E-state index in [1.165, 1.54) is 5.39 Å². The lowest BCUT2D eigenvalue weighted by Gasteiger charge is -2.18. The highest BCUT2D eigenvalue weighted by atomic mass is 16.5. The Morgan fingerprint density at radius 2 is 2.16 bits per heavy atom. The molecule has 1 aliphatic heterocycles. The molecule has 1 aromatic carbocycles. The first-order valence-electron chi connectivity index (χ1n) is 7.06. The molecule has 1 aromatic heterocycles. The fourth-order valence-electron chi connectivity index (χ4n) is 2.74. The van der Waals surface area contributed by atoms with Crippen molar-refractivity contribution < 1.29 is 4.74 Å². The van der Waals surface area contributed by atoms with Crippen molar-refractivity contribution in [3.05, 3.63) is 42.1 Å². The van der Waals surface area contributed by atoms with Gasteiger partial charge in [0.1, 0.15) is 6.10 Å². The molecule has 2 aromatic rings. The van der Waals surface area contributed by atoms with Crippen LogP contribution in [0.5, 0.6) is 0 Å². The number of nitrogens with one attached hydrogen (secondary N) is 1. The van der Waals surface area contributed by atoms with Gasteiger partial charge in [-0.15, -0.1) is 0 Å². The second-order valence-electron chi connectivity index (χ2n) is 5.08. The van der Waals surface area contributed by atoms with Crippen LogP contribution in [0.3, 0.4) is 0 Å². The summed E-state index contributed by atoms with van der Waals surface area (Å²) in [5.74, 6) is 0.536. The van der Waals surface area contributed by atoms with Crippen molar-refractivity contribution in [2.24, 2.45) is 5.92 Å². The largest absolute Gasteiger partial charge is 0.372 e. The number of aromatic nitrogens is 1. The number of rotatable bonds is 4. The van der Waals surface area contributed by atoms with Crippen LogP contribution in [0.15, 0.2) is 36.4 Å². The summed E-state index contributed by atoms with van der Waals surface area (Å²) in [7, 11) is 0. The summed E-state index contributed by atoms with van der Waals surface area (Å²) in [6.45, 7) is 5.00. The minimum absolute atomic E-state index is 0.142. The third-order valence-electron chi connectivity index (χ3n) is 3.78. The molecular formula is C16H20N2O. The number of benzene rings is 1. The maximum absolute atomic E-state index is 5.90. The molecule has 1 N–H and O–H groups in total. The minimum atomic E-state index is 0.142. The van der Waals surface area contributed by atoms with Gasteiger partial charge in [0.15, 0.2) is 0 Å². The van der Waals surface area contributed by atoms with E-state index in [4.69, 9.17) is 9.72 Å². The van der Waals surface area contributed by atoms with Crippen molar-refractivity contribution >= 4 is 10.9 Å². The number of hydrogen-bond acceptors (Lipinski definition) is 3. The van der Waals surface area contributed by atoms with Crippen molar-refractivity contribution in [2.45, 2.75) is 19.4 Å². The van der Waals surface area contributed by atoms with E-state index in [9.17, 15) is 0 Å². The molecular weight excluding hydrogens is 236 g/mol. The Bertz CT molecular complexity index is 555. The maximum Gasteiger partial charge on any atom is 0.104 e. The fourth-order valence-corrected chi connectivity index (χ4v) is 2.74. The summed E-state index contributed by atoms with van der Waals surface area (Å²) in [5, 5.41) is 4.61. The third kappa shape index (κ3) is 2.62. The second kappa shape index (κ2) is 5.68. The number of para-hydroxylation sites is 1. The Balaban J connectivity index is 1.86. The molecule has 3 rings (SSSR count). The van der Waals surface area contributed by atoms with Crippen LogP contribution in [0.2, 0.25) is 0 Å². The lowest BCUT2D eigenvalue weighted by molar-refractivity contribution is 0.0875. The van der Waals surface area contributed by atoms with Gasteiger partial charge in [0.05, 0.1) is 11.2 Å². The summed E-state index contributed by atoms with van der Waals surface area (Å²) in [5.41, 5.74) is 2.12. The molecule has 3 heteroatoms. The predicted octanol–water partition coefficient (Wildman–Crippen LogP) is 2.92. The molecule has 0 saturated carbocycles. The minimum Gasteiger partial charge on any atom is -0.372 e. The van der Waals surface area contributed by atoms with Gasteiger partial charge in [0, 0.05) is 24.5 Å². The van der Waals surface area contributed by atoms with Crippen molar-refractivity contribution in [3.63, 3.8) is 0 Å². The number of fused-ring (bicyclic) bond motifs is 1. The topological polar surface area (TPSA) is 34.1 Å². The molecule has 0 radical (unpaired) electrons. The van der Waals surface area contributed by atoms with Crippen LogP contribution in [-0.4, -0.2) is 24.7 Å². The van der Waals surface area contributed by atoms with E-state index in [-0.39, 0.29) is 6.10 Å². The lowest BCUT2D eigenvalue weighted by atomic mass is 9.98. The van der Waals surface area contributed by atoms with E-state index < -0.39 is 0 Å². The molecule has 1 saturated heterocycles. The van der Waals surface area contributed by atoms with Crippen molar-refractivity contribution in [1.82, 2.24) is 10.3 Å². The summed E-state index contributed by atoms with van der Waals surface area (Å²) in [6, 6.07) is 12.5. The van der Waals surface area contributed by atoms with Crippen molar-refractivity contribution in [1.29, 1.82) is 0 Å². The Morgan fingerprint density at radius 1 is 1.26 bits per heavy atom. The molecule has 0 aliphatic carbocycles. The third-order valence-corrected chi connectivity index (χ3v) is 3.78. The highest BCUT2D eigenvalue weighted by Gasteiger charge is 2.30. The fraction of sp³-hybridized carbons (Fsp3) is 0.438. The number of ether oxygens (including phenoxy) is 1. The van der Waals surface area contributed by atoms with Crippen LogP contribution in [0, 0.1) is 5.92 Å². The quantitative estimate of drug-likeness (QED) is 0.913. The maximum atomic E-state index is 5.90. The first-order chi connectivity index (χ1) is 9.38. The lowest BCUT2D eigenvalue weighted by Crippen LogP contribution is -2.24. The highest BCUT2D eigenvalue weighted by Crippen LogP contribution is 2.33. The van der Waals surface area contributed by atoms with Gasteiger partial charge in [-0.05, 0) is 25.1 Å². The second-order valence-corrected chi connectivity index (χ2v) is 5.08. The molecule has 2 heterocycles. The normalized spacial score (nSPS) is 23.0. The SMILES string of the molecule is CCNCC1CCOC1c1ccc2ccccc2n1. The molecule has 1 fully saturated rings. The highest BCUT2D eigenvalue weighted by molar-refractivity contribution is 5.78. The van der Waals surface area contributed by atoms with Gasteiger partial charge in [-0.3, -0.25) is 4.98 Å². The van der Waals surface area contributed by atoms with Gasteiger partial charge < -0.3 is 10.1 Å². The average molecular weight is 256 g/mol. The zero-order valence-corrected chi connectivity index (χ0v) is 11.3. The molecule has 19 heavy (non-hydrogen) atoms. The van der Waals surface area contributed by atoms with E-state index in [0.717, 1.165) is 37.3 Å². The Morgan fingerprint density at radius 3 is 3.05 bits per heavy atom. The molecule has 2 unspecified atom stereocenters. The van der Waals surface area contributed by atoms with Gasteiger partial charge >= 0.3 is 0 Å². The summed E-state index contributed by atoms with van der Waals surface area (Å²) < 4.78 is 5.90. The zero-order valence-electron chi connectivity index (χ0n) is 11.3. The predicted molar refractivity (Wildman–Crippen MR) is 77.1 cm³/mol. The van der Waals surface area contributed by atoms with Crippen molar-refractivity contribution in [3.8, 4) is 0 Å². The summed E-state index contributed by atoms with van der Waals surface area (Å²) in [4.78, 5) is 4.76. The van der Waals surface area contributed by atoms with Gasteiger partial charge in [0.2, 0.25) is 0 Å². The first kappa shape index (κ1) is 12.6. The van der Waals surface area contributed by atoms with E-state index >= 15 is 0 Å².